The third-order valence-electron chi connectivity index (χ3n) is 21.8. The number of nitrogens with one attached hydrogen (secondary N) is 9. The van der Waals surface area contributed by atoms with E-state index in [0.29, 0.717) is 13.0 Å². The highest BCUT2D eigenvalue weighted by Gasteiger charge is 2.52. The summed E-state index contributed by atoms with van der Waals surface area (Å²) in [5, 5.41) is 129. The van der Waals surface area contributed by atoms with Crippen LogP contribution in [0.4, 0.5) is 0 Å². The van der Waals surface area contributed by atoms with Crippen LogP contribution < -0.4 is 73.5 Å². The number of unbranched alkanes of at least 4 members (excludes halogenated alkanes) is 11. The number of amides is 8. The molecule has 12 rings (SSSR count). The SMILES string of the molecule is CCCCCCCCCCCCCCNCCCNC(=O)[C@H]1NC(=O)[C@H]2NC(=O)[C@H](NC(=O)[C@@H]3NC(=O)[C@H](CC(N)=O)NC(=O)[C@H](NC(=O)[C@@H](CC(C)C)NC)[C@H](O)c4ccc(c(Cl)c4)Oc4cc3cc(c4O[C@@H]3O[C@H](CO)[C@@H](O)[C@H](O)[C@H]3O[C@H]3C[C@](C)(N)[C@H](O)[C@H](C)O3)Oc3ccc(cc3Cl)[C@H]2O)c2ccc(O)c(c2)-c2c(O)cc(O)cc21. The Labute approximate surface area is 698 Å². The molecule has 5 aromatic carbocycles. The molecule has 8 amide bonds. The number of aliphatic hydroxyl groups excluding tert-OH is 6. The van der Waals surface area contributed by atoms with E-state index >= 15 is 19.2 Å². The van der Waals surface area contributed by atoms with Crippen molar-refractivity contribution in [2.45, 2.75) is 247 Å². The standard InChI is InChI=1S/C83H111Cl2N11O23/c1-7-8-9-10-11-12-13-14-15-16-17-18-26-89-27-19-28-90-77(109)65-48-35-46(98)36-54(100)62(48)47-30-42(20-23-53(47)99)63-78(110)96-67(81(113)94-65)69(103)44-22-25-56(50(85)32-44)116-58-34-45-33-57(72(58)119-82-73(71(105)70(104)59(39-97)117-82)118-61-38-83(5,87)74(106)41(4)114-61)115-55-24-21-43(31-49(55)84)68(102)66(95-75(107)51(88-6)29-40(2)3)80(112)91-52(37-60(86)101)76(108)92-64(45)79(111)93-63/h20-25,30-36,40-41,51-52,59,61,63-71,73-74,82,88-89,97-100,102-106H,7-19,26-29,37-39,87H2,1-6H3,(H2,86,101)(H,90,109)(H,91,112)(H,92,108)(H,93,111)(H,94,113)(H,95,107)(H,96,110)/t41-,51+,52-,59+,61-,63+,64+,65-,66+,67-,68+,69+,70+,71-,73+,74+,82-,83-/m0/s1. The molecular weight excluding hydrogens is 1590 g/mol. The molecule has 650 valence electrons. The molecule has 0 radical (unpaired) electrons. The summed E-state index contributed by atoms with van der Waals surface area (Å²) in [7, 11) is 1.49. The second-order valence-electron chi connectivity index (χ2n) is 31.7. The summed E-state index contributed by atoms with van der Waals surface area (Å²) in [6.07, 6.45) is -3.79. The van der Waals surface area contributed by atoms with Crippen LogP contribution in [-0.2, 0) is 52.6 Å². The number of primary amides is 1. The third-order valence-corrected chi connectivity index (χ3v) is 22.4. The van der Waals surface area contributed by atoms with E-state index in [1.165, 1.54) is 96.5 Å². The van der Waals surface area contributed by atoms with Crippen LogP contribution in [-0.4, -0.2) is 205 Å². The molecule has 0 saturated carbocycles. The van der Waals surface area contributed by atoms with Crippen LogP contribution in [0.25, 0.3) is 11.1 Å². The van der Waals surface area contributed by atoms with Gasteiger partial charge >= 0.3 is 0 Å². The largest absolute Gasteiger partial charge is 0.508 e. The number of phenolic OH excluding ortho intramolecular Hbond substituents is 3. The lowest BCUT2D eigenvalue weighted by Crippen LogP contribution is -2.64. The molecule has 36 heteroatoms. The van der Waals surface area contributed by atoms with Crippen LogP contribution in [0.3, 0.4) is 0 Å². The van der Waals surface area contributed by atoms with Crippen LogP contribution in [0.2, 0.25) is 10.0 Å². The molecule has 5 aromatic rings. The van der Waals surface area contributed by atoms with Crippen LogP contribution in [0, 0.1) is 5.92 Å². The number of carbonyl (C=O) groups excluding carboxylic acids is 8. The van der Waals surface area contributed by atoms with Crippen molar-refractivity contribution in [2.24, 2.45) is 17.4 Å². The minimum Gasteiger partial charge on any atom is -0.508 e. The van der Waals surface area contributed by atoms with Crippen molar-refractivity contribution >= 4 is 70.5 Å². The predicted octanol–water partition coefficient (Wildman–Crippen LogP) is 4.82. The van der Waals surface area contributed by atoms with Crippen molar-refractivity contribution < 1.29 is 113 Å². The zero-order chi connectivity index (χ0) is 86.3. The van der Waals surface area contributed by atoms with Gasteiger partial charge in [-0.15, -0.1) is 0 Å². The van der Waals surface area contributed by atoms with E-state index in [1.807, 2.05) is 13.8 Å². The molecule has 7 aliphatic rings. The Balaban J connectivity index is 1.11. The maximum absolute atomic E-state index is 16.3. The quantitative estimate of drug-likeness (QED) is 0.0274. The van der Waals surface area contributed by atoms with Gasteiger partial charge in [-0.3, -0.25) is 38.4 Å². The molecule has 0 spiro atoms. The number of hydrogen-bond acceptors (Lipinski definition) is 26. The molecule has 2 fully saturated rings. The highest BCUT2D eigenvalue weighted by Crippen LogP contribution is 2.50. The second kappa shape index (κ2) is 41.8. The Morgan fingerprint density at radius 1 is 0.647 bits per heavy atom. The molecule has 11 bridgehead atoms. The fourth-order valence-corrected chi connectivity index (χ4v) is 15.7. The summed E-state index contributed by atoms with van der Waals surface area (Å²) in [5.41, 5.74) is 8.78. The monoisotopic (exact) mass is 1700 g/mol. The van der Waals surface area contributed by atoms with Crippen molar-refractivity contribution in [3.63, 3.8) is 0 Å². The first-order chi connectivity index (χ1) is 56.7. The van der Waals surface area contributed by atoms with Crippen molar-refractivity contribution in [1.82, 2.24) is 47.9 Å². The summed E-state index contributed by atoms with van der Waals surface area (Å²) in [5.74, 6) is -14.4. The highest BCUT2D eigenvalue weighted by molar-refractivity contribution is 6.32. The number of aromatic hydroxyl groups is 3. The fraction of sp³-hybridized carbons (Fsp3) is 0.542. The Hall–Kier alpha value is -9.24. The number of benzene rings is 5. The Morgan fingerprint density at radius 3 is 1.83 bits per heavy atom. The molecule has 7 heterocycles. The molecule has 7 aliphatic heterocycles. The van der Waals surface area contributed by atoms with Gasteiger partial charge < -0.3 is 134 Å². The number of fused-ring (bicyclic) bond motifs is 15. The maximum Gasteiger partial charge on any atom is 0.248 e. The molecular formula is C83H111Cl2N11O23. The van der Waals surface area contributed by atoms with Crippen molar-refractivity contribution in [3.05, 3.63) is 117 Å². The molecule has 2 saturated heterocycles. The summed E-state index contributed by atoms with van der Waals surface area (Å²) in [6, 6.07) is 0.669. The number of nitrogens with two attached hydrogens (primary N) is 2. The van der Waals surface area contributed by atoms with Gasteiger partial charge in [0, 0.05) is 35.7 Å². The summed E-state index contributed by atoms with van der Waals surface area (Å²) >= 11 is 14.3. The van der Waals surface area contributed by atoms with Crippen molar-refractivity contribution in [2.75, 3.05) is 33.3 Å². The number of likely N-dealkylation sites (N-methyl/N-ethyl adjacent to an activating group) is 1. The topological polar surface area (TPSA) is 534 Å². The van der Waals surface area contributed by atoms with Gasteiger partial charge in [0.1, 0.15) is 95.5 Å². The van der Waals surface area contributed by atoms with Gasteiger partial charge in [0.15, 0.2) is 23.9 Å². The lowest BCUT2D eigenvalue weighted by molar-refractivity contribution is -0.333. The first kappa shape index (κ1) is 92.1. The van der Waals surface area contributed by atoms with Crippen molar-refractivity contribution in [3.8, 4) is 57.1 Å². The van der Waals surface area contributed by atoms with E-state index in [2.05, 4.69) is 54.8 Å². The predicted molar refractivity (Wildman–Crippen MR) is 433 cm³/mol. The first-order valence-electron chi connectivity index (χ1n) is 40.4. The van der Waals surface area contributed by atoms with Gasteiger partial charge in [0.05, 0.1) is 41.3 Å². The first-order valence-corrected chi connectivity index (χ1v) is 41.2. The van der Waals surface area contributed by atoms with E-state index in [9.17, 15) is 65.1 Å². The van der Waals surface area contributed by atoms with Crippen LogP contribution >= 0.6 is 23.2 Å². The zero-order valence-corrected chi connectivity index (χ0v) is 68.7. The number of carbonyl (C=O) groups is 8. The number of rotatable bonds is 30. The highest BCUT2D eigenvalue weighted by atomic mass is 35.5. The van der Waals surface area contributed by atoms with E-state index in [4.69, 9.17) is 63.1 Å². The normalized spacial score (nSPS) is 26.8. The average Bonchev–Trinajstić information content (AvgIpc) is 0.759. The van der Waals surface area contributed by atoms with Crippen LogP contribution in [0.5, 0.6) is 46.0 Å². The fourth-order valence-electron chi connectivity index (χ4n) is 15.2. The molecule has 0 unspecified atom stereocenters. The van der Waals surface area contributed by atoms with Gasteiger partial charge in [-0.05, 0) is 142 Å². The maximum atomic E-state index is 16.3. The van der Waals surface area contributed by atoms with Gasteiger partial charge in [-0.2, -0.15) is 0 Å². The average molecular weight is 1700 g/mol. The third kappa shape index (κ3) is 23.1. The Kier molecular flexibility index (Phi) is 32.4. The number of ether oxygens (including phenoxy) is 6. The van der Waals surface area contributed by atoms with Crippen LogP contribution in [0.15, 0.2) is 78.9 Å². The second-order valence-corrected chi connectivity index (χ2v) is 32.5. The van der Waals surface area contributed by atoms with Gasteiger partial charge in [-0.25, -0.2) is 0 Å². The molecule has 22 N–H and O–H groups in total. The number of hydrogen-bond donors (Lipinski definition) is 20. The smallest absolute Gasteiger partial charge is 0.248 e. The summed E-state index contributed by atoms with van der Waals surface area (Å²) < 4.78 is 38.7. The van der Waals surface area contributed by atoms with Crippen molar-refractivity contribution in [1.29, 1.82) is 0 Å². The minimum atomic E-state index is -2.33. The Morgan fingerprint density at radius 2 is 1.24 bits per heavy atom. The Bertz CT molecular complexity index is 4430. The lowest BCUT2D eigenvalue weighted by Gasteiger charge is -2.47. The molecule has 18 atom stereocenters. The van der Waals surface area contributed by atoms with E-state index in [0.717, 1.165) is 86.8 Å². The zero-order valence-electron chi connectivity index (χ0n) is 67.2. The van der Waals surface area contributed by atoms with E-state index < -0.39 is 215 Å². The van der Waals surface area contributed by atoms with Crippen LogP contribution in [0.1, 0.15) is 196 Å². The van der Waals surface area contributed by atoms with E-state index in [1.54, 1.807) is 0 Å². The summed E-state index contributed by atoms with van der Waals surface area (Å²) in [4.78, 5) is 121. The minimum absolute atomic E-state index is 0.0158. The number of phenols is 3. The molecule has 0 aliphatic carbocycles. The molecule has 34 nitrogen and oxygen atoms in total. The number of halogens is 2. The summed E-state index contributed by atoms with van der Waals surface area (Å²) in [6.45, 7) is 9.14. The lowest BCUT2D eigenvalue weighted by atomic mass is 9.86. The van der Waals surface area contributed by atoms with Gasteiger partial charge in [-0.1, -0.05) is 133 Å². The molecule has 119 heavy (non-hydrogen) atoms. The van der Waals surface area contributed by atoms with E-state index in [-0.39, 0.29) is 75.2 Å². The molecule has 0 aromatic heterocycles. The van der Waals surface area contributed by atoms with Gasteiger partial charge in [0.2, 0.25) is 59.3 Å². The van der Waals surface area contributed by atoms with Gasteiger partial charge in [0.25, 0.3) is 0 Å². The number of aliphatic hydroxyl groups is 6.